The van der Waals surface area contributed by atoms with E-state index in [0.29, 0.717) is 29.9 Å². The Labute approximate surface area is 205 Å². The maximum absolute atomic E-state index is 13.6. The summed E-state index contributed by atoms with van der Waals surface area (Å²) in [6.45, 7) is 3.22. The molecule has 6 nitrogen and oxygen atoms in total. The predicted molar refractivity (Wildman–Crippen MR) is 137 cm³/mol. The van der Waals surface area contributed by atoms with Crippen LogP contribution in [0.3, 0.4) is 0 Å². The number of carbonyl (C=O) groups is 2. The van der Waals surface area contributed by atoms with Crippen molar-refractivity contribution in [1.82, 2.24) is 20.0 Å². The van der Waals surface area contributed by atoms with Crippen LogP contribution < -0.4 is 5.32 Å². The summed E-state index contributed by atoms with van der Waals surface area (Å²) in [5.41, 5.74) is 4.91. The minimum Gasteiger partial charge on any atom is -0.349 e. The second-order valence-electron chi connectivity index (χ2n) is 8.94. The molecule has 1 N–H and O–H groups in total. The molecular formula is C29H28N4O2. The SMILES string of the molecule is Cc1ccc(-n2cc(C(=O)N3CCC(NC(=O)c4ccccc4)CC3)c(-c3ccccc3)n2)cc1. The highest BCUT2D eigenvalue weighted by Gasteiger charge is 2.28. The van der Waals surface area contributed by atoms with Crippen molar-refractivity contribution in [2.24, 2.45) is 0 Å². The van der Waals surface area contributed by atoms with Gasteiger partial charge in [0.2, 0.25) is 0 Å². The molecule has 6 heteroatoms. The second-order valence-corrected chi connectivity index (χ2v) is 8.94. The quantitative estimate of drug-likeness (QED) is 0.458. The van der Waals surface area contributed by atoms with E-state index in [1.165, 1.54) is 5.56 Å². The summed E-state index contributed by atoms with van der Waals surface area (Å²) in [4.78, 5) is 28.0. The van der Waals surface area contributed by atoms with Gasteiger partial charge in [0, 0.05) is 36.5 Å². The van der Waals surface area contributed by atoms with Crippen LogP contribution in [-0.2, 0) is 0 Å². The lowest BCUT2D eigenvalue weighted by atomic mass is 10.0. The number of hydrogen-bond acceptors (Lipinski definition) is 3. The lowest BCUT2D eigenvalue weighted by Crippen LogP contribution is -2.46. The van der Waals surface area contributed by atoms with Gasteiger partial charge in [0.15, 0.2) is 0 Å². The fourth-order valence-electron chi connectivity index (χ4n) is 4.42. The maximum Gasteiger partial charge on any atom is 0.257 e. The van der Waals surface area contributed by atoms with Crippen molar-refractivity contribution in [2.45, 2.75) is 25.8 Å². The number of aromatic nitrogens is 2. The number of amides is 2. The number of carbonyl (C=O) groups excluding carboxylic acids is 2. The molecule has 2 heterocycles. The average Bonchev–Trinajstić information content (AvgIpc) is 3.36. The number of rotatable bonds is 5. The molecule has 1 aliphatic rings. The Kier molecular flexibility index (Phi) is 6.44. The molecule has 35 heavy (non-hydrogen) atoms. The lowest BCUT2D eigenvalue weighted by molar-refractivity contribution is 0.0699. The first-order valence-electron chi connectivity index (χ1n) is 12.0. The highest BCUT2D eigenvalue weighted by atomic mass is 16.2. The number of nitrogens with zero attached hydrogens (tertiary/aromatic N) is 3. The normalized spacial score (nSPS) is 14.0. The zero-order valence-electron chi connectivity index (χ0n) is 19.7. The molecule has 0 atom stereocenters. The average molecular weight is 465 g/mol. The van der Waals surface area contributed by atoms with E-state index in [4.69, 9.17) is 5.10 Å². The number of aryl methyl sites for hydroxylation is 1. The zero-order valence-corrected chi connectivity index (χ0v) is 19.7. The van der Waals surface area contributed by atoms with Crippen LogP contribution >= 0.6 is 0 Å². The molecule has 0 aliphatic carbocycles. The van der Waals surface area contributed by atoms with E-state index in [0.717, 1.165) is 24.1 Å². The van der Waals surface area contributed by atoms with Gasteiger partial charge >= 0.3 is 0 Å². The number of nitrogens with one attached hydrogen (secondary N) is 1. The van der Waals surface area contributed by atoms with Gasteiger partial charge in [-0.1, -0.05) is 66.2 Å². The summed E-state index contributed by atoms with van der Waals surface area (Å²) in [5.74, 6) is -0.101. The molecule has 0 unspecified atom stereocenters. The Bertz CT molecular complexity index is 1310. The molecule has 0 radical (unpaired) electrons. The molecule has 1 aromatic heterocycles. The summed E-state index contributed by atoms with van der Waals surface area (Å²) >= 11 is 0. The Morgan fingerprint density at radius 1 is 0.857 bits per heavy atom. The van der Waals surface area contributed by atoms with E-state index in [2.05, 4.69) is 5.32 Å². The molecular weight excluding hydrogens is 436 g/mol. The van der Waals surface area contributed by atoms with Gasteiger partial charge in [0.1, 0.15) is 5.69 Å². The third kappa shape index (κ3) is 5.01. The van der Waals surface area contributed by atoms with Crippen LogP contribution in [0, 0.1) is 6.92 Å². The monoisotopic (exact) mass is 464 g/mol. The fraction of sp³-hybridized carbons (Fsp3) is 0.207. The summed E-state index contributed by atoms with van der Waals surface area (Å²) < 4.78 is 1.78. The van der Waals surface area contributed by atoms with Crippen LogP contribution in [0.4, 0.5) is 0 Å². The van der Waals surface area contributed by atoms with E-state index in [1.54, 1.807) is 4.68 Å². The summed E-state index contributed by atoms with van der Waals surface area (Å²) in [6, 6.07) is 27.2. The highest BCUT2D eigenvalue weighted by Crippen LogP contribution is 2.26. The minimum absolute atomic E-state index is 0.0324. The number of piperidine rings is 1. The van der Waals surface area contributed by atoms with Crippen molar-refractivity contribution in [3.63, 3.8) is 0 Å². The van der Waals surface area contributed by atoms with Crippen LogP contribution in [0.2, 0.25) is 0 Å². The Balaban J connectivity index is 1.33. The largest absolute Gasteiger partial charge is 0.349 e. The van der Waals surface area contributed by atoms with Gasteiger partial charge in [0.05, 0.1) is 11.3 Å². The van der Waals surface area contributed by atoms with Gasteiger partial charge in [0.25, 0.3) is 11.8 Å². The number of likely N-dealkylation sites (tertiary alicyclic amines) is 1. The fourth-order valence-corrected chi connectivity index (χ4v) is 4.42. The minimum atomic E-state index is -0.0684. The van der Waals surface area contributed by atoms with Crippen LogP contribution in [0.5, 0.6) is 0 Å². The van der Waals surface area contributed by atoms with E-state index in [1.807, 2.05) is 103 Å². The van der Waals surface area contributed by atoms with Crippen LogP contribution in [0.1, 0.15) is 39.1 Å². The smallest absolute Gasteiger partial charge is 0.257 e. The van der Waals surface area contributed by atoms with Gasteiger partial charge < -0.3 is 10.2 Å². The summed E-state index contributed by atoms with van der Waals surface area (Å²) in [5, 5.41) is 7.90. The first-order chi connectivity index (χ1) is 17.1. The molecule has 5 rings (SSSR count). The van der Waals surface area contributed by atoms with Crippen LogP contribution in [0.15, 0.2) is 91.1 Å². The van der Waals surface area contributed by atoms with E-state index in [9.17, 15) is 9.59 Å². The topological polar surface area (TPSA) is 67.2 Å². The highest BCUT2D eigenvalue weighted by molar-refractivity contribution is 6.00. The summed E-state index contributed by atoms with van der Waals surface area (Å²) in [6.07, 6.45) is 3.27. The van der Waals surface area contributed by atoms with E-state index >= 15 is 0 Å². The predicted octanol–water partition coefficient (Wildman–Crippen LogP) is 4.88. The first kappa shape index (κ1) is 22.6. The van der Waals surface area contributed by atoms with Crippen LogP contribution in [0.25, 0.3) is 16.9 Å². The van der Waals surface area contributed by atoms with Crippen molar-refractivity contribution >= 4 is 11.8 Å². The molecule has 1 saturated heterocycles. The molecule has 4 aromatic rings. The van der Waals surface area contributed by atoms with Gasteiger partial charge in [-0.3, -0.25) is 9.59 Å². The van der Waals surface area contributed by atoms with Crippen molar-refractivity contribution in [3.05, 3.63) is 108 Å². The molecule has 1 fully saturated rings. The second kappa shape index (κ2) is 9.97. The molecule has 0 bridgehead atoms. The Morgan fingerprint density at radius 3 is 2.14 bits per heavy atom. The number of hydrogen-bond donors (Lipinski definition) is 1. The van der Waals surface area contributed by atoms with E-state index < -0.39 is 0 Å². The number of benzene rings is 3. The van der Waals surface area contributed by atoms with Crippen molar-refractivity contribution in [3.8, 4) is 16.9 Å². The third-order valence-electron chi connectivity index (χ3n) is 6.44. The molecule has 3 aromatic carbocycles. The lowest BCUT2D eigenvalue weighted by Gasteiger charge is -2.32. The molecule has 176 valence electrons. The van der Waals surface area contributed by atoms with Gasteiger partial charge in [-0.15, -0.1) is 0 Å². The maximum atomic E-state index is 13.6. The van der Waals surface area contributed by atoms with Crippen molar-refractivity contribution in [2.75, 3.05) is 13.1 Å². The van der Waals surface area contributed by atoms with Crippen molar-refractivity contribution in [1.29, 1.82) is 0 Å². The van der Waals surface area contributed by atoms with Crippen molar-refractivity contribution < 1.29 is 9.59 Å². The van der Waals surface area contributed by atoms with Gasteiger partial charge in [-0.2, -0.15) is 5.10 Å². The third-order valence-corrected chi connectivity index (χ3v) is 6.44. The zero-order chi connectivity index (χ0) is 24.2. The molecule has 0 spiro atoms. The van der Waals surface area contributed by atoms with E-state index in [-0.39, 0.29) is 17.9 Å². The molecule has 0 saturated carbocycles. The van der Waals surface area contributed by atoms with Crippen LogP contribution in [-0.4, -0.2) is 45.6 Å². The first-order valence-corrected chi connectivity index (χ1v) is 12.0. The Morgan fingerprint density at radius 2 is 1.49 bits per heavy atom. The Hall–Kier alpha value is -4.19. The molecule has 1 aliphatic heterocycles. The van der Waals surface area contributed by atoms with Gasteiger partial charge in [-0.25, -0.2) is 4.68 Å². The summed E-state index contributed by atoms with van der Waals surface area (Å²) in [7, 11) is 0. The standard InChI is InChI=1S/C29H28N4O2/c1-21-12-14-25(15-13-21)33-20-26(27(31-33)22-8-4-2-5-9-22)29(35)32-18-16-24(17-19-32)30-28(34)23-10-6-3-7-11-23/h2-15,20,24H,16-19H2,1H3,(H,30,34). The molecule has 2 amide bonds. The van der Waals surface area contributed by atoms with Gasteiger partial charge in [-0.05, 0) is 44.0 Å².